The highest BCUT2D eigenvalue weighted by atomic mass is 16.5. The smallest absolute Gasteiger partial charge is 0.338 e. The SMILES string of the molecule is CCOC(=O)c1cccc(Nc2ncnc(Nc3cc(C)cc(C)c3)c2N)c1. The molecule has 0 saturated heterocycles. The number of esters is 1. The molecule has 144 valence electrons. The molecule has 7 nitrogen and oxygen atoms in total. The lowest BCUT2D eigenvalue weighted by Crippen LogP contribution is -2.07. The molecule has 1 heterocycles. The summed E-state index contributed by atoms with van der Waals surface area (Å²) in [6.45, 7) is 6.16. The van der Waals surface area contributed by atoms with E-state index in [9.17, 15) is 4.79 Å². The third-order valence-corrected chi connectivity index (χ3v) is 4.00. The number of carbonyl (C=O) groups is 1. The molecule has 0 saturated carbocycles. The number of ether oxygens (including phenoxy) is 1. The predicted molar refractivity (Wildman–Crippen MR) is 111 cm³/mol. The van der Waals surface area contributed by atoms with Crippen LogP contribution in [0.25, 0.3) is 0 Å². The van der Waals surface area contributed by atoms with E-state index < -0.39 is 0 Å². The maximum absolute atomic E-state index is 11.9. The first-order chi connectivity index (χ1) is 13.5. The third-order valence-electron chi connectivity index (χ3n) is 4.00. The molecular weight excluding hydrogens is 354 g/mol. The summed E-state index contributed by atoms with van der Waals surface area (Å²) in [5, 5.41) is 6.37. The molecule has 1 aromatic heterocycles. The van der Waals surface area contributed by atoms with Gasteiger partial charge in [-0.15, -0.1) is 0 Å². The van der Waals surface area contributed by atoms with Crippen LogP contribution in [0.5, 0.6) is 0 Å². The lowest BCUT2D eigenvalue weighted by atomic mass is 10.1. The quantitative estimate of drug-likeness (QED) is 0.549. The lowest BCUT2D eigenvalue weighted by molar-refractivity contribution is 0.0526. The average molecular weight is 377 g/mol. The van der Waals surface area contributed by atoms with E-state index in [-0.39, 0.29) is 5.97 Å². The zero-order valence-electron chi connectivity index (χ0n) is 16.1. The predicted octanol–water partition coefficient (Wildman–Crippen LogP) is 4.34. The maximum Gasteiger partial charge on any atom is 0.338 e. The summed E-state index contributed by atoms with van der Waals surface area (Å²) in [4.78, 5) is 20.4. The number of nitrogen functional groups attached to an aromatic ring is 1. The van der Waals surface area contributed by atoms with Crippen molar-refractivity contribution in [3.63, 3.8) is 0 Å². The first-order valence-corrected chi connectivity index (χ1v) is 8.96. The highest BCUT2D eigenvalue weighted by Crippen LogP contribution is 2.29. The van der Waals surface area contributed by atoms with Crippen molar-refractivity contribution >= 4 is 34.7 Å². The van der Waals surface area contributed by atoms with Crippen LogP contribution >= 0.6 is 0 Å². The van der Waals surface area contributed by atoms with E-state index in [1.807, 2.05) is 32.0 Å². The van der Waals surface area contributed by atoms with Crippen LogP contribution in [-0.2, 0) is 4.74 Å². The topological polar surface area (TPSA) is 102 Å². The number of anilines is 5. The van der Waals surface area contributed by atoms with Gasteiger partial charge in [0.1, 0.15) is 12.0 Å². The summed E-state index contributed by atoms with van der Waals surface area (Å²) < 4.78 is 5.03. The molecule has 0 bridgehead atoms. The van der Waals surface area contributed by atoms with Crippen molar-refractivity contribution in [3.8, 4) is 0 Å². The van der Waals surface area contributed by atoms with E-state index in [4.69, 9.17) is 10.5 Å². The summed E-state index contributed by atoms with van der Waals surface area (Å²) in [6, 6.07) is 13.1. The minimum absolute atomic E-state index is 0.322. The van der Waals surface area contributed by atoms with E-state index in [1.54, 1.807) is 25.1 Å². The fraction of sp³-hybridized carbons (Fsp3) is 0.190. The van der Waals surface area contributed by atoms with Gasteiger partial charge in [-0.1, -0.05) is 12.1 Å². The number of hydrogen-bond acceptors (Lipinski definition) is 7. The van der Waals surface area contributed by atoms with Crippen molar-refractivity contribution in [2.45, 2.75) is 20.8 Å². The van der Waals surface area contributed by atoms with Crippen molar-refractivity contribution in [3.05, 3.63) is 65.5 Å². The molecule has 7 heteroatoms. The Labute approximate surface area is 164 Å². The third kappa shape index (κ3) is 4.56. The Morgan fingerprint density at radius 2 is 1.64 bits per heavy atom. The van der Waals surface area contributed by atoms with Gasteiger partial charge in [-0.25, -0.2) is 14.8 Å². The second-order valence-electron chi connectivity index (χ2n) is 6.41. The molecule has 0 spiro atoms. The lowest BCUT2D eigenvalue weighted by Gasteiger charge is -2.14. The molecule has 0 radical (unpaired) electrons. The Morgan fingerprint density at radius 1 is 1.00 bits per heavy atom. The Kier molecular flexibility index (Phi) is 5.74. The van der Waals surface area contributed by atoms with Crippen LogP contribution in [0.2, 0.25) is 0 Å². The largest absolute Gasteiger partial charge is 0.462 e. The first-order valence-electron chi connectivity index (χ1n) is 8.96. The normalized spacial score (nSPS) is 10.4. The summed E-state index contributed by atoms with van der Waals surface area (Å²) in [5.41, 5.74) is 10.9. The van der Waals surface area contributed by atoms with Gasteiger partial charge in [0.2, 0.25) is 0 Å². The van der Waals surface area contributed by atoms with E-state index in [2.05, 4.69) is 26.7 Å². The monoisotopic (exact) mass is 377 g/mol. The van der Waals surface area contributed by atoms with Crippen LogP contribution in [0.15, 0.2) is 48.8 Å². The molecule has 4 N–H and O–H groups in total. The number of carbonyl (C=O) groups excluding carboxylic acids is 1. The number of nitrogens with zero attached hydrogens (tertiary/aromatic N) is 2. The molecule has 0 atom stereocenters. The first kappa shape index (κ1) is 19.2. The maximum atomic E-state index is 11.9. The van der Waals surface area contributed by atoms with E-state index >= 15 is 0 Å². The van der Waals surface area contributed by atoms with Crippen molar-refractivity contribution in [2.75, 3.05) is 23.0 Å². The number of nitrogens with one attached hydrogen (secondary N) is 2. The van der Waals surface area contributed by atoms with Gasteiger partial charge in [0.05, 0.1) is 12.2 Å². The molecule has 0 amide bonds. The van der Waals surface area contributed by atoms with Crippen molar-refractivity contribution in [2.24, 2.45) is 0 Å². The van der Waals surface area contributed by atoms with Crippen LogP contribution in [0.3, 0.4) is 0 Å². The Hall–Kier alpha value is -3.61. The molecule has 28 heavy (non-hydrogen) atoms. The van der Waals surface area contributed by atoms with E-state index in [1.165, 1.54) is 6.33 Å². The standard InChI is InChI=1S/C21H23N5O2/c1-4-28-21(27)15-6-5-7-16(11-15)25-19-18(22)20(24-12-23-19)26-17-9-13(2)8-14(3)10-17/h5-12H,4,22H2,1-3H3,(H2,23,24,25,26). The number of aryl methyl sites for hydroxylation is 2. The Morgan fingerprint density at radius 3 is 2.29 bits per heavy atom. The summed E-state index contributed by atoms with van der Waals surface area (Å²) >= 11 is 0. The summed E-state index contributed by atoms with van der Waals surface area (Å²) in [7, 11) is 0. The molecule has 3 rings (SSSR count). The van der Waals surface area contributed by atoms with Gasteiger partial charge in [0.25, 0.3) is 0 Å². The van der Waals surface area contributed by atoms with Crippen LogP contribution in [0.1, 0.15) is 28.4 Å². The van der Waals surface area contributed by atoms with Gasteiger partial charge in [0.15, 0.2) is 11.6 Å². The van der Waals surface area contributed by atoms with Gasteiger partial charge < -0.3 is 21.1 Å². The van der Waals surface area contributed by atoms with E-state index in [0.717, 1.165) is 16.8 Å². The van der Waals surface area contributed by atoms with Crippen molar-refractivity contribution in [1.82, 2.24) is 9.97 Å². The zero-order valence-corrected chi connectivity index (χ0v) is 16.1. The number of hydrogen-bond donors (Lipinski definition) is 3. The van der Waals surface area contributed by atoms with Gasteiger partial charge in [-0.3, -0.25) is 0 Å². The Bertz CT molecular complexity index is 984. The highest BCUT2D eigenvalue weighted by molar-refractivity contribution is 5.91. The molecule has 0 aliphatic carbocycles. The number of aromatic nitrogens is 2. The Balaban J connectivity index is 1.83. The van der Waals surface area contributed by atoms with Crippen LogP contribution in [0, 0.1) is 13.8 Å². The second kappa shape index (κ2) is 8.39. The molecule has 3 aromatic rings. The van der Waals surface area contributed by atoms with Gasteiger partial charge in [-0.2, -0.15) is 0 Å². The number of rotatable bonds is 6. The second-order valence-corrected chi connectivity index (χ2v) is 6.41. The van der Waals surface area contributed by atoms with Crippen LogP contribution in [0.4, 0.5) is 28.7 Å². The highest BCUT2D eigenvalue weighted by Gasteiger charge is 2.11. The number of benzene rings is 2. The van der Waals surface area contributed by atoms with Crippen molar-refractivity contribution < 1.29 is 9.53 Å². The minimum Gasteiger partial charge on any atom is -0.462 e. The van der Waals surface area contributed by atoms with Crippen LogP contribution in [-0.4, -0.2) is 22.5 Å². The average Bonchev–Trinajstić information content (AvgIpc) is 2.65. The van der Waals surface area contributed by atoms with Gasteiger partial charge in [0, 0.05) is 11.4 Å². The molecular formula is C21H23N5O2. The molecule has 0 aliphatic rings. The molecule has 2 aromatic carbocycles. The van der Waals surface area contributed by atoms with E-state index in [0.29, 0.717) is 35.2 Å². The van der Waals surface area contributed by atoms with Gasteiger partial charge in [-0.05, 0) is 62.2 Å². The molecule has 0 aliphatic heterocycles. The minimum atomic E-state index is -0.376. The zero-order chi connectivity index (χ0) is 20.1. The molecule has 0 unspecified atom stereocenters. The number of nitrogens with two attached hydrogens (primary N) is 1. The fourth-order valence-corrected chi connectivity index (χ4v) is 2.85. The van der Waals surface area contributed by atoms with Crippen molar-refractivity contribution in [1.29, 1.82) is 0 Å². The van der Waals surface area contributed by atoms with Crippen LogP contribution < -0.4 is 16.4 Å². The summed E-state index contributed by atoms with van der Waals surface area (Å²) in [5.74, 6) is 0.575. The van der Waals surface area contributed by atoms with Gasteiger partial charge >= 0.3 is 5.97 Å². The molecule has 0 fully saturated rings. The summed E-state index contributed by atoms with van der Waals surface area (Å²) in [6.07, 6.45) is 1.43. The fourth-order valence-electron chi connectivity index (χ4n) is 2.85.